The summed E-state index contributed by atoms with van der Waals surface area (Å²) in [5.74, 6) is 1.63. The van der Waals surface area contributed by atoms with Crippen LogP contribution in [0.3, 0.4) is 0 Å². The molecule has 1 saturated heterocycles. The van der Waals surface area contributed by atoms with Gasteiger partial charge in [-0.1, -0.05) is 24.6 Å². The van der Waals surface area contributed by atoms with E-state index < -0.39 is 0 Å². The van der Waals surface area contributed by atoms with Crippen molar-refractivity contribution in [3.63, 3.8) is 0 Å². The average Bonchev–Trinajstić information content (AvgIpc) is 3.19. The predicted molar refractivity (Wildman–Crippen MR) is 151 cm³/mol. The lowest BCUT2D eigenvalue weighted by Crippen LogP contribution is -2.40. The van der Waals surface area contributed by atoms with Crippen molar-refractivity contribution in [2.75, 3.05) is 20.2 Å². The van der Waals surface area contributed by atoms with E-state index in [0.29, 0.717) is 25.2 Å². The van der Waals surface area contributed by atoms with Crippen LogP contribution < -0.4 is 21.1 Å². The van der Waals surface area contributed by atoms with E-state index in [4.69, 9.17) is 20.1 Å². The zero-order chi connectivity index (χ0) is 28.6. The first-order valence-electron chi connectivity index (χ1n) is 12.4. The van der Waals surface area contributed by atoms with Crippen LogP contribution in [-0.2, 0) is 16.1 Å². The summed E-state index contributed by atoms with van der Waals surface area (Å²) >= 11 is 0. The number of nitriles is 1. The third-order valence-corrected chi connectivity index (χ3v) is 5.73. The third kappa shape index (κ3) is 9.78. The summed E-state index contributed by atoms with van der Waals surface area (Å²) in [5.41, 5.74) is 7.87. The second-order valence-electron chi connectivity index (χ2n) is 8.53. The number of carbonyl (C=O) groups is 2. The molecule has 0 radical (unpaired) electrons. The number of aryl methyl sites for hydroxylation is 1. The Morgan fingerprint density at radius 2 is 1.97 bits per heavy atom. The molecule has 1 aromatic heterocycles. The van der Waals surface area contributed by atoms with Crippen LogP contribution in [-0.4, -0.2) is 42.9 Å². The van der Waals surface area contributed by atoms with Gasteiger partial charge in [0, 0.05) is 30.5 Å². The number of amides is 2. The average molecular weight is 531 g/mol. The van der Waals surface area contributed by atoms with Crippen LogP contribution in [0.5, 0.6) is 5.75 Å². The Morgan fingerprint density at radius 3 is 2.72 bits per heavy atom. The molecule has 1 aliphatic rings. The molecule has 0 atom stereocenters. The van der Waals surface area contributed by atoms with Crippen LogP contribution in [0.2, 0.25) is 0 Å². The first-order chi connectivity index (χ1) is 18.9. The molecule has 2 amide bonds. The fraction of sp³-hybridized carbons (Fsp3) is 0.310. The van der Waals surface area contributed by atoms with Crippen molar-refractivity contribution in [1.29, 1.82) is 5.26 Å². The van der Waals surface area contributed by atoms with Crippen LogP contribution in [0, 0.1) is 31.2 Å². The van der Waals surface area contributed by atoms with Gasteiger partial charge in [0.2, 0.25) is 17.8 Å². The van der Waals surface area contributed by atoms with Crippen molar-refractivity contribution in [3.8, 4) is 24.8 Å². The van der Waals surface area contributed by atoms with Gasteiger partial charge < -0.3 is 25.1 Å². The Kier molecular flexibility index (Phi) is 12.4. The second kappa shape index (κ2) is 16.0. The summed E-state index contributed by atoms with van der Waals surface area (Å²) in [6.45, 7) is 3.12. The van der Waals surface area contributed by atoms with Gasteiger partial charge in [-0.2, -0.15) is 5.26 Å². The number of nitrogens with two attached hydrogens (primary N) is 1. The van der Waals surface area contributed by atoms with Crippen molar-refractivity contribution in [1.82, 2.24) is 15.5 Å². The maximum absolute atomic E-state index is 12.0. The standard InChI is InChI=1S/C16H22N2O3.C11H10N4O.C2H2/c1-21-14-8-5-4-7-13(14)11-17-15(19)12-18-10-6-2-3-9-16(18)20;1-7-4-8-5-9(2-3-10(8)16-7)15-11(13)14-6-12;1-2/h4-5,7-8H,2-3,6,9-12H2,1H3,(H,17,19);2-5H,1H3,(H3,13,14,15);1-2H. The number of fused-ring (bicyclic) bond motifs is 1. The third-order valence-electron chi connectivity index (χ3n) is 5.73. The fourth-order valence-electron chi connectivity index (χ4n) is 3.94. The smallest absolute Gasteiger partial charge is 0.239 e. The minimum atomic E-state index is -0.129. The predicted octanol–water partition coefficient (Wildman–Crippen LogP) is 3.72. The molecule has 0 saturated carbocycles. The Hall–Kier alpha value is -4.96. The Bertz CT molecular complexity index is 1340. The molecular formula is C29H34N6O4. The number of likely N-dealkylation sites (tertiary alicyclic amines) is 1. The summed E-state index contributed by atoms with van der Waals surface area (Å²) in [6.07, 6.45) is 13.2. The lowest BCUT2D eigenvalue weighted by atomic mass is 10.2. The van der Waals surface area contributed by atoms with Crippen molar-refractivity contribution in [3.05, 3.63) is 59.9 Å². The van der Waals surface area contributed by atoms with Gasteiger partial charge in [0.25, 0.3) is 0 Å². The number of nitrogens with zero attached hydrogens (tertiary/aromatic N) is 3. The Balaban J connectivity index is 0.000000265. The van der Waals surface area contributed by atoms with Crippen molar-refractivity contribution >= 4 is 34.4 Å². The van der Waals surface area contributed by atoms with Gasteiger partial charge in [0.1, 0.15) is 17.1 Å². The first kappa shape index (κ1) is 30.3. The number of aliphatic imine (C=N–C) groups is 1. The van der Waals surface area contributed by atoms with E-state index in [9.17, 15) is 9.59 Å². The Morgan fingerprint density at radius 1 is 1.21 bits per heavy atom. The number of hydrogen-bond acceptors (Lipinski definition) is 6. The zero-order valence-electron chi connectivity index (χ0n) is 22.3. The van der Waals surface area contributed by atoms with E-state index in [0.717, 1.165) is 47.3 Å². The lowest BCUT2D eigenvalue weighted by molar-refractivity contribution is -0.135. The maximum Gasteiger partial charge on any atom is 0.239 e. The summed E-state index contributed by atoms with van der Waals surface area (Å²) in [7, 11) is 1.61. The highest BCUT2D eigenvalue weighted by molar-refractivity contribution is 5.86. The summed E-state index contributed by atoms with van der Waals surface area (Å²) in [5, 5.41) is 14.4. The molecular weight excluding hydrogens is 496 g/mol. The highest BCUT2D eigenvalue weighted by Gasteiger charge is 2.19. The molecule has 0 aliphatic carbocycles. The summed E-state index contributed by atoms with van der Waals surface area (Å²) in [6, 6.07) is 14.9. The van der Waals surface area contributed by atoms with Gasteiger partial charge in [0.15, 0.2) is 6.19 Å². The van der Waals surface area contributed by atoms with Gasteiger partial charge in [-0.05, 0) is 50.1 Å². The topological polar surface area (TPSA) is 146 Å². The Labute approximate surface area is 228 Å². The van der Waals surface area contributed by atoms with Crippen molar-refractivity contribution < 1.29 is 18.7 Å². The zero-order valence-corrected chi connectivity index (χ0v) is 22.3. The number of rotatable bonds is 6. The van der Waals surface area contributed by atoms with Crippen molar-refractivity contribution in [2.45, 2.75) is 39.2 Å². The van der Waals surface area contributed by atoms with E-state index in [2.05, 4.69) is 28.5 Å². The largest absolute Gasteiger partial charge is 0.496 e. The van der Waals surface area contributed by atoms with Gasteiger partial charge in [-0.3, -0.25) is 14.9 Å². The van der Waals surface area contributed by atoms with Gasteiger partial charge in [0.05, 0.1) is 19.3 Å². The summed E-state index contributed by atoms with van der Waals surface area (Å²) < 4.78 is 10.7. The highest BCUT2D eigenvalue weighted by atomic mass is 16.5. The normalized spacial score (nSPS) is 13.1. The van der Waals surface area contributed by atoms with E-state index in [1.807, 2.05) is 49.4 Å². The molecule has 2 aromatic carbocycles. The van der Waals surface area contributed by atoms with E-state index in [-0.39, 0.29) is 24.3 Å². The number of para-hydroxylation sites is 1. The monoisotopic (exact) mass is 530 g/mol. The molecule has 10 nitrogen and oxygen atoms in total. The molecule has 0 unspecified atom stereocenters. The first-order valence-corrected chi connectivity index (χ1v) is 12.4. The highest BCUT2D eigenvalue weighted by Crippen LogP contribution is 2.24. The van der Waals surface area contributed by atoms with Crippen LogP contribution in [0.4, 0.5) is 5.69 Å². The van der Waals surface area contributed by atoms with Gasteiger partial charge in [-0.25, -0.2) is 4.99 Å². The lowest BCUT2D eigenvalue weighted by Gasteiger charge is -2.20. The molecule has 4 N–H and O–H groups in total. The molecule has 3 aromatic rings. The van der Waals surface area contributed by atoms with Crippen LogP contribution >= 0.6 is 0 Å². The quantitative estimate of drug-likeness (QED) is 0.145. The number of methoxy groups -OCH3 is 1. The molecule has 1 aliphatic heterocycles. The van der Waals surface area contributed by atoms with Gasteiger partial charge in [-0.15, -0.1) is 12.8 Å². The fourth-order valence-corrected chi connectivity index (χ4v) is 3.94. The second-order valence-corrected chi connectivity index (χ2v) is 8.53. The molecule has 0 spiro atoms. The molecule has 4 rings (SSSR count). The molecule has 39 heavy (non-hydrogen) atoms. The molecule has 10 heteroatoms. The van der Waals surface area contributed by atoms with E-state index >= 15 is 0 Å². The summed E-state index contributed by atoms with van der Waals surface area (Å²) in [4.78, 5) is 29.5. The number of ether oxygens (including phenoxy) is 1. The van der Waals surface area contributed by atoms with E-state index in [1.165, 1.54) is 0 Å². The number of guanidine groups is 1. The minimum Gasteiger partial charge on any atom is -0.496 e. The number of benzene rings is 2. The molecule has 1 fully saturated rings. The number of terminal acetylenes is 1. The minimum absolute atomic E-state index is 0.0714. The number of furan rings is 1. The maximum atomic E-state index is 12.0. The van der Waals surface area contributed by atoms with Crippen LogP contribution in [0.25, 0.3) is 11.0 Å². The van der Waals surface area contributed by atoms with E-state index in [1.54, 1.807) is 24.3 Å². The van der Waals surface area contributed by atoms with Gasteiger partial charge >= 0.3 is 0 Å². The number of carbonyl (C=O) groups excluding carboxylic acids is 2. The number of hydrogen-bond donors (Lipinski definition) is 3. The van der Waals surface area contributed by atoms with Crippen LogP contribution in [0.15, 0.2) is 57.9 Å². The number of nitrogens with one attached hydrogen (secondary N) is 2. The van der Waals surface area contributed by atoms with Crippen LogP contribution in [0.1, 0.15) is 37.0 Å². The SMILES string of the molecule is C#C.COc1ccccc1CNC(=O)CN1CCCCCC1=O.Cc1cc2cc(N=C(N)NC#N)ccc2o1. The molecule has 204 valence electrons. The molecule has 0 bridgehead atoms. The molecule has 2 heterocycles. The van der Waals surface area contributed by atoms with Crippen molar-refractivity contribution in [2.24, 2.45) is 10.7 Å².